The smallest absolute Gasteiger partial charge is 0.220 e. The highest BCUT2D eigenvalue weighted by Crippen LogP contribution is 2.15. The van der Waals surface area contributed by atoms with E-state index in [0.717, 1.165) is 17.3 Å². The largest absolute Gasteiger partial charge is 0.359 e. The average Bonchev–Trinajstić information content (AvgIpc) is 2.68. The number of nitrogens with zero attached hydrogens (tertiary/aromatic N) is 2. The summed E-state index contributed by atoms with van der Waals surface area (Å²) >= 11 is 0. The van der Waals surface area contributed by atoms with Crippen LogP contribution in [0.25, 0.3) is 10.9 Å². The van der Waals surface area contributed by atoms with E-state index in [1.54, 1.807) is 7.05 Å². The summed E-state index contributed by atoms with van der Waals surface area (Å²) in [5.41, 5.74) is 2.27. The van der Waals surface area contributed by atoms with E-state index >= 15 is 0 Å². The molecule has 0 aliphatic rings. The fraction of sp³-hybridized carbons (Fsp3) is 0.333. The van der Waals surface area contributed by atoms with Gasteiger partial charge in [-0.2, -0.15) is 5.10 Å². The molecule has 2 aromatic rings. The monoisotopic (exact) mass is 217 g/mol. The number of hydrogen-bond donors (Lipinski definition) is 1. The van der Waals surface area contributed by atoms with Gasteiger partial charge in [-0.1, -0.05) is 12.1 Å². The van der Waals surface area contributed by atoms with E-state index in [0.29, 0.717) is 6.42 Å². The first kappa shape index (κ1) is 10.7. The fourth-order valence-corrected chi connectivity index (χ4v) is 1.73. The SMILES string of the molecule is CNC(=O)CCc1ccc2cnn(C)c2c1. The van der Waals surface area contributed by atoms with Crippen LogP contribution in [-0.2, 0) is 18.3 Å². The summed E-state index contributed by atoms with van der Waals surface area (Å²) in [6.45, 7) is 0. The van der Waals surface area contributed by atoms with E-state index in [1.165, 1.54) is 5.56 Å². The first-order valence-electron chi connectivity index (χ1n) is 5.32. The molecule has 0 unspecified atom stereocenters. The molecule has 84 valence electrons. The zero-order valence-corrected chi connectivity index (χ0v) is 9.53. The number of carbonyl (C=O) groups excluding carboxylic acids is 1. The molecule has 0 spiro atoms. The quantitative estimate of drug-likeness (QED) is 0.841. The Morgan fingerprint density at radius 2 is 2.31 bits per heavy atom. The number of aromatic nitrogens is 2. The van der Waals surface area contributed by atoms with Gasteiger partial charge < -0.3 is 5.32 Å². The molecule has 0 saturated heterocycles. The molecule has 1 heterocycles. The van der Waals surface area contributed by atoms with Crippen LogP contribution in [0.15, 0.2) is 24.4 Å². The van der Waals surface area contributed by atoms with Gasteiger partial charge in [0, 0.05) is 25.9 Å². The second-order valence-electron chi connectivity index (χ2n) is 3.83. The molecule has 1 aromatic carbocycles. The van der Waals surface area contributed by atoms with Gasteiger partial charge in [0.1, 0.15) is 0 Å². The van der Waals surface area contributed by atoms with Crippen LogP contribution in [0.5, 0.6) is 0 Å². The Morgan fingerprint density at radius 1 is 1.50 bits per heavy atom. The minimum atomic E-state index is 0.0742. The Balaban J connectivity index is 2.19. The number of nitrogens with one attached hydrogen (secondary N) is 1. The number of fused-ring (bicyclic) bond motifs is 1. The maximum absolute atomic E-state index is 11.1. The lowest BCUT2D eigenvalue weighted by Crippen LogP contribution is -2.17. The number of amides is 1. The molecule has 1 aromatic heterocycles. The van der Waals surface area contributed by atoms with Gasteiger partial charge in [0.15, 0.2) is 0 Å². The first-order valence-corrected chi connectivity index (χ1v) is 5.32. The molecule has 1 amide bonds. The van der Waals surface area contributed by atoms with Gasteiger partial charge in [-0.25, -0.2) is 0 Å². The van der Waals surface area contributed by atoms with E-state index < -0.39 is 0 Å². The third-order valence-electron chi connectivity index (χ3n) is 2.73. The van der Waals surface area contributed by atoms with Crippen LogP contribution in [0.2, 0.25) is 0 Å². The summed E-state index contributed by atoms with van der Waals surface area (Å²) in [5, 5.41) is 7.94. The van der Waals surface area contributed by atoms with Crippen molar-refractivity contribution in [3.05, 3.63) is 30.0 Å². The normalized spacial score (nSPS) is 10.6. The summed E-state index contributed by atoms with van der Waals surface area (Å²) in [4.78, 5) is 11.1. The van der Waals surface area contributed by atoms with Crippen molar-refractivity contribution < 1.29 is 4.79 Å². The molecule has 1 N–H and O–H groups in total. The molecule has 0 atom stereocenters. The topological polar surface area (TPSA) is 46.9 Å². The Hall–Kier alpha value is -1.84. The Morgan fingerprint density at radius 3 is 3.06 bits per heavy atom. The highest BCUT2D eigenvalue weighted by atomic mass is 16.1. The van der Waals surface area contributed by atoms with Crippen LogP contribution >= 0.6 is 0 Å². The third-order valence-corrected chi connectivity index (χ3v) is 2.73. The molecular weight excluding hydrogens is 202 g/mol. The zero-order chi connectivity index (χ0) is 11.5. The van der Waals surface area contributed by atoms with Crippen LogP contribution in [0.1, 0.15) is 12.0 Å². The fourth-order valence-electron chi connectivity index (χ4n) is 1.73. The zero-order valence-electron chi connectivity index (χ0n) is 9.53. The second kappa shape index (κ2) is 4.35. The summed E-state index contributed by atoms with van der Waals surface area (Å²) in [7, 11) is 3.58. The van der Waals surface area contributed by atoms with E-state index in [-0.39, 0.29) is 5.91 Å². The maximum atomic E-state index is 11.1. The van der Waals surface area contributed by atoms with Crippen LogP contribution in [0, 0.1) is 0 Å². The number of aryl methyl sites for hydroxylation is 2. The van der Waals surface area contributed by atoms with Gasteiger partial charge in [-0.05, 0) is 18.1 Å². The van der Waals surface area contributed by atoms with E-state index in [2.05, 4.69) is 16.5 Å². The van der Waals surface area contributed by atoms with Crippen LogP contribution < -0.4 is 5.32 Å². The van der Waals surface area contributed by atoms with Crippen molar-refractivity contribution in [3.63, 3.8) is 0 Å². The minimum absolute atomic E-state index is 0.0742. The van der Waals surface area contributed by atoms with Crippen molar-refractivity contribution in [1.29, 1.82) is 0 Å². The van der Waals surface area contributed by atoms with Gasteiger partial charge in [0.25, 0.3) is 0 Å². The Kier molecular flexibility index (Phi) is 2.90. The Labute approximate surface area is 94.3 Å². The van der Waals surface area contributed by atoms with Gasteiger partial charge in [0.05, 0.1) is 11.7 Å². The molecule has 2 rings (SSSR count). The maximum Gasteiger partial charge on any atom is 0.220 e. The van der Waals surface area contributed by atoms with E-state index in [1.807, 2.05) is 30.1 Å². The van der Waals surface area contributed by atoms with E-state index in [4.69, 9.17) is 0 Å². The van der Waals surface area contributed by atoms with Crippen molar-refractivity contribution in [2.45, 2.75) is 12.8 Å². The van der Waals surface area contributed by atoms with Gasteiger partial charge >= 0.3 is 0 Å². The van der Waals surface area contributed by atoms with Crippen LogP contribution in [-0.4, -0.2) is 22.7 Å². The number of hydrogen-bond acceptors (Lipinski definition) is 2. The molecule has 16 heavy (non-hydrogen) atoms. The molecule has 0 bridgehead atoms. The molecule has 0 saturated carbocycles. The highest BCUT2D eigenvalue weighted by Gasteiger charge is 2.03. The summed E-state index contributed by atoms with van der Waals surface area (Å²) in [5.74, 6) is 0.0742. The first-order chi connectivity index (χ1) is 7.70. The highest BCUT2D eigenvalue weighted by molar-refractivity contribution is 5.80. The van der Waals surface area contributed by atoms with Crippen molar-refractivity contribution in [3.8, 4) is 0 Å². The van der Waals surface area contributed by atoms with Crippen LogP contribution in [0.4, 0.5) is 0 Å². The minimum Gasteiger partial charge on any atom is -0.359 e. The predicted molar refractivity (Wildman–Crippen MR) is 63.1 cm³/mol. The molecule has 0 radical (unpaired) electrons. The lowest BCUT2D eigenvalue weighted by Gasteiger charge is -2.02. The van der Waals surface area contributed by atoms with Crippen LogP contribution in [0.3, 0.4) is 0 Å². The summed E-state index contributed by atoms with van der Waals surface area (Å²) in [6.07, 6.45) is 3.14. The number of benzene rings is 1. The molecular formula is C12H15N3O. The molecule has 0 fully saturated rings. The number of rotatable bonds is 3. The molecule has 0 aliphatic heterocycles. The summed E-state index contributed by atoms with van der Waals surface area (Å²) in [6, 6.07) is 6.18. The molecule has 4 nitrogen and oxygen atoms in total. The molecule has 0 aliphatic carbocycles. The van der Waals surface area contributed by atoms with E-state index in [9.17, 15) is 4.79 Å². The van der Waals surface area contributed by atoms with Crippen molar-refractivity contribution in [2.24, 2.45) is 7.05 Å². The van der Waals surface area contributed by atoms with Crippen molar-refractivity contribution in [2.75, 3.05) is 7.05 Å². The second-order valence-corrected chi connectivity index (χ2v) is 3.83. The standard InChI is InChI=1S/C12H15N3O/c1-13-12(16)6-4-9-3-5-10-8-14-15(2)11(10)7-9/h3,5,7-8H,4,6H2,1-2H3,(H,13,16). The predicted octanol–water partition coefficient (Wildman–Crippen LogP) is 1.25. The lowest BCUT2D eigenvalue weighted by atomic mass is 10.1. The van der Waals surface area contributed by atoms with Gasteiger partial charge in [-0.15, -0.1) is 0 Å². The summed E-state index contributed by atoms with van der Waals surface area (Å²) < 4.78 is 1.85. The Bertz CT molecular complexity index is 516. The van der Waals surface area contributed by atoms with Crippen molar-refractivity contribution >= 4 is 16.8 Å². The average molecular weight is 217 g/mol. The van der Waals surface area contributed by atoms with Gasteiger partial charge in [0.2, 0.25) is 5.91 Å². The molecule has 4 heteroatoms. The van der Waals surface area contributed by atoms with Crippen molar-refractivity contribution in [1.82, 2.24) is 15.1 Å². The van der Waals surface area contributed by atoms with Gasteiger partial charge in [-0.3, -0.25) is 9.48 Å². The number of carbonyl (C=O) groups is 1. The lowest BCUT2D eigenvalue weighted by molar-refractivity contribution is -0.120. The third kappa shape index (κ3) is 2.05.